The summed E-state index contributed by atoms with van der Waals surface area (Å²) in [7, 11) is 0. The van der Waals surface area contributed by atoms with Gasteiger partial charge in [-0.3, -0.25) is 0 Å². The first kappa shape index (κ1) is 15.5. The number of rotatable bonds is 5. The van der Waals surface area contributed by atoms with Crippen molar-refractivity contribution >= 4 is 5.82 Å². The molecule has 21 heavy (non-hydrogen) atoms. The molecule has 3 heteroatoms. The van der Waals surface area contributed by atoms with Crippen LogP contribution in [0.15, 0.2) is 18.2 Å². The summed E-state index contributed by atoms with van der Waals surface area (Å²) in [4.78, 5) is 9.40. The Hall–Kier alpha value is -1.90. The lowest BCUT2D eigenvalue weighted by atomic mass is 10.0. The molecule has 1 aromatic heterocycles. The van der Waals surface area contributed by atoms with Crippen molar-refractivity contribution in [3.8, 4) is 0 Å². The highest BCUT2D eigenvalue weighted by atomic mass is 15.0. The number of aromatic nitrogens is 2. The Morgan fingerprint density at radius 3 is 2.38 bits per heavy atom. The number of hydrogen-bond donors (Lipinski definition) is 1. The third-order valence-corrected chi connectivity index (χ3v) is 3.89. The van der Waals surface area contributed by atoms with Gasteiger partial charge in [0, 0.05) is 24.2 Å². The molecule has 0 aliphatic carbocycles. The molecule has 0 bridgehead atoms. The number of benzene rings is 1. The molecule has 112 valence electrons. The minimum Gasteiger partial charge on any atom is -0.370 e. The van der Waals surface area contributed by atoms with E-state index in [1.54, 1.807) is 0 Å². The number of anilines is 1. The van der Waals surface area contributed by atoms with E-state index in [0.717, 1.165) is 36.7 Å². The summed E-state index contributed by atoms with van der Waals surface area (Å²) in [5.74, 6) is 1.88. The maximum absolute atomic E-state index is 4.72. The van der Waals surface area contributed by atoms with Gasteiger partial charge < -0.3 is 5.32 Å². The monoisotopic (exact) mass is 283 g/mol. The third-order valence-electron chi connectivity index (χ3n) is 3.89. The van der Waals surface area contributed by atoms with Gasteiger partial charge in [-0.15, -0.1) is 0 Å². The van der Waals surface area contributed by atoms with Crippen LogP contribution in [0.3, 0.4) is 0 Å². The summed E-state index contributed by atoms with van der Waals surface area (Å²) in [6.45, 7) is 11.5. The molecule has 2 aromatic rings. The van der Waals surface area contributed by atoms with Crippen molar-refractivity contribution in [2.24, 2.45) is 0 Å². The van der Waals surface area contributed by atoms with Crippen LogP contribution in [-0.2, 0) is 12.8 Å². The molecule has 0 saturated carbocycles. The molecule has 0 atom stereocenters. The predicted octanol–water partition coefficient (Wildman–Crippen LogP) is 3.99. The molecule has 0 aliphatic heterocycles. The van der Waals surface area contributed by atoms with Gasteiger partial charge in [0.2, 0.25) is 0 Å². The lowest BCUT2D eigenvalue weighted by molar-refractivity contribution is 0.900. The van der Waals surface area contributed by atoms with Gasteiger partial charge in [-0.1, -0.05) is 25.1 Å². The molecular formula is C18H25N3. The summed E-state index contributed by atoms with van der Waals surface area (Å²) in [5, 5.41) is 3.36. The largest absolute Gasteiger partial charge is 0.370 e. The Kier molecular flexibility index (Phi) is 4.94. The van der Waals surface area contributed by atoms with E-state index in [2.05, 4.69) is 63.1 Å². The van der Waals surface area contributed by atoms with Gasteiger partial charge in [0.05, 0.1) is 0 Å². The molecule has 1 heterocycles. The molecule has 2 rings (SSSR count). The van der Waals surface area contributed by atoms with Crippen LogP contribution < -0.4 is 5.32 Å². The number of hydrogen-bond acceptors (Lipinski definition) is 3. The molecule has 0 fully saturated rings. The second-order valence-electron chi connectivity index (χ2n) is 5.53. The van der Waals surface area contributed by atoms with Crippen LogP contribution >= 0.6 is 0 Å². The van der Waals surface area contributed by atoms with Crippen LogP contribution in [-0.4, -0.2) is 16.5 Å². The van der Waals surface area contributed by atoms with Crippen molar-refractivity contribution in [1.29, 1.82) is 0 Å². The number of aryl methyl sites for hydroxylation is 3. The maximum atomic E-state index is 4.72. The normalized spacial score (nSPS) is 10.7. The van der Waals surface area contributed by atoms with Gasteiger partial charge in [0.25, 0.3) is 0 Å². The zero-order valence-corrected chi connectivity index (χ0v) is 13.7. The van der Waals surface area contributed by atoms with E-state index in [-0.39, 0.29) is 0 Å². The maximum Gasteiger partial charge on any atom is 0.135 e. The third kappa shape index (κ3) is 3.60. The lowest BCUT2D eigenvalue weighted by Crippen LogP contribution is -2.10. The Morgan fingerprint density at radius 2 is 1.76 bits per heavy atom. The topological polar surface area (TPSA) is 37.8 Å². The standard InChI is InChI=1S/C18H25N3/c1-6-16-14(5)20-17(21-18(16)19-7-2)11-15-9-8-12(3)13(4)10-15/h8-10H,6-7,11H2,1-5H3,(H,19,20,21). The average molecular weight is 283 g/mol. The highest BCUT2D eigenvalue weighted by Crippen LogP contribution is 2.19. The minimum absolute atomic E-state index is 0.782. The molecule has 0 saturated heterocycles. The molecule has 3 nitrogen and oxygen atoms in total. The first-order valence-electron chi connectivity index (χ1n) is 7.71. The van der Waals surface area contributed by atoms with Gasteiger partial charge >= 0.3 is 0 Å². The van der Waals surface area contributed by atoms with E-state index in [4.69, 9.17) is 4.98 Å². The molecule has 0 aliphatic rings. The summed E-state index contributed by atoms with van der Waals surface area (Å²) in [5.41, 5.74) is 6.22. The molecule has 0 amide bonds. The lowest BCUT2D eigenvalue weighted by Gasteiger charge is -2.13. The van der Waals surface area contributed by atoms with Gasteiger partial charge in [-0.25, -0.2) is 9.97 Å². The first-order chi connectivity index (χ1) is 10.0. The highest BCUT2D eigenvalue weighted by Gasteiger charge is 2.10. The average Bonchev–Trinajstić information content (AvgIpc) is 2.43. The predicted molar refractivity (Wildman–Crippen MR) is 89.0 cm³/mol. The Morgan fingerprint density at radius 1 is 1.00 bits per heavy atom. The van der Waals surface area contributed by atoms with Crippen LogP contribution in [0.4, 0.5) is 5.82 Å². The van der Waals surface area contributed by atoms with Crippen LogP contribution in [0.25, 0.3) is 0 Å². The molecule has 0 unspecified atom stereocenters. The van der Waals surface area contributed by atoms with Crippen molar-refractivity contribution in [1.82, 2.24) is 9.97 Å². The second kappa shape index (κ2) is 6.70. The number of nitrogens with zero attached hydrogens (tertiary/aromatic N) is 2. The fourth-order valence-corrected chi connectivity index (χ4v) is 2.57. The Balaban J connectivity index is 2.33. The van der Waals surface area contributed by atoms with Crippen molar-refractivity contribution in [3.05, 3.63) is 52.0 Å². The summed E-state index contributed by atoms with van der Waals surface area (Å²) < 4.78 is 0. The van der Waals surface area contributed by atoms with Crippen molar-refractivity contribution < 1.29 is 0 Å². The zero-order valence-electron chi connectivity index (χ0n) is 13.7. The molecule has 0 radical (unpaired) electrons. The SMILES string of the molecule is CCNc1nc(Cc2ccc(C)c(C)c2)nc(C)c1CC. The van der Waals surface area contributed by atoms with E-state index in [0.29, 0.717) is 0 Å². The zero-order chi connectivity index (χ0) is 15.4. The van der Waals surface area contributed by atoms with Crippen molar-refractivity contribution in [2.75, 3.05) is 11.9 Å². The van der Waals surface area contributed by atoms with E-state index >= 15 is 0 Å². The van der Waals surface area contributed by atoms with Gasteiger partial charge in [-0.05, 0) is 50.8 Å². The molecule has 1 aromatic carbocycles. The fraction of sp³-hybridized carbons (Fsp3) is 0.444. The van der Waals surface area contributed by atoms with Crippen molar-refractivity contribution in [2.45, 2.75) is 47.5 Å². The van der Waals surface area contributed by atoms with E-state index < -0.39 is 0 Å². The molecule has 0 spiro atoms. The highest BCUT2D eigenvalue weighted by molar-refractivity contribution is 5.47. The molecule has 1 N–H and O–H groups in total. The van der Waals surface area contributed by atoms with Crippen LogP contribution in [0.2, 0.25) is 0 Å². The first-order valence-corrected chi connectivity index (χ1v) is 7.71. The van der Waals surface area contributed by atoms with E-state index in [1.807, 2.05) is 0 Å². The number of nitrogens with one attached hydrogen (secondary N) is 1. The van der Waals surface area contributed by atoms with E-state index in [1.165, 1.54) is 22.3 Å². The summed E-state index contributed by atoms with van der Waals surface area (Å²) >= 11 is 0. The molecular weight excluding hydrogens is 258 g/mol. The summed E-state index contributed by atoms with van der Waals surface area (Å²) in [6.07, 6.45) is 1.74. The Bertz CT molecular complexity index is 633. The Labute approximate surface area is 127 Å². The quantitative estimate of drug-likeness (QED) is 0.901. The smallest absolute Gasteiger partial charge is 0.135 e. The second-order valence-corrected chi connectivity index (χ2v) is 5.53. The van der Waals surface area contributed by atoms with Gasteiger partial charge in [-0.2, -0.15) is 0 Å². The van der Waals surface area contributed by atoms with Gasteiger partial charge in [0.1, 0.15) is 11.6 Å². The van der Waals surface area contributed by atoms with Crippen LogP contribution in [0.1, 0.15) is 47.6 Å². The van der Waals surface area contributed by atoms with Crippen LogP contribution in [0.5, 0.6) is 0 Å². The van der Waals surface area contributed by atoms with Crippen molar-refractivity contribution in [3.63, 3.8) is 0 Å². The van der Waals surface area contributed by atoms with E-state index in [9.17, 15) is 0 Å². The summed E-state index contributed by atoms with van der Waals surface area (Å²) in [6, 6.07) is 6.57. The van der Waals surface area contributed by atoms with Crippen LogP contribution in [0, 0.1) is 20.8 Å². The minimum atomic E-state index is 0.782. The van der Waals surface area contributed by atoms with Gasteiger partial charge in [0.15, 0.2) is 0 Å². The fourth-order valence-electron chi connectivity index (χ4n) is 2.57.